The Balaban J connectivity index is 2.13. The van der Waals surface area contributed by atoms with E-state index in [1.165, 1.54) is 14.2 Å². The predicted octanol–water partition coefficient (Wildman–Crippen LogP) is 4.31. The van der Waals surface area contributed by atoms with Crippen molar-refractivity contribution in [2.45, 2.75) is 6.54 Å². The van der Waals surface area contributed by atoms with Gasteiger partial charge in [-0.3, -0.25) is 4.57 Å². The molecular formula is C19H20NO3P. The summed E-state index contributed by atoms with van der Waals surface area (Å²) in [6.45, 7) is 0.597. The van der Waals surface area contributed by atoms with E-state index in [0.717, 1.165) is 16.7 Å². The molecule has 0 saturated heterocycles. The SMILES string of the molecule is COP(=O)(OC)c1c(-c2ccccc2)ccn1Cc1ccccc1. The Hall–Kier alpha value is -2.13. The van der Waals surface area contributed by atoms with Crippen LogP contribution in [0.2, 0.25) is 0 Å². The van der Waals surface area contributed by atoms with Crippen LogP contribution in [-0.2, 0) is 20.2 Å². The first kappa shape index (κ1) is 16.7. The van der Waals surface area contributed by atoms with Crippen LogP contribution < -0.4 is 5.44 Å². The van der Waals surface area contributed by atoms with E-state index in [0.29, 0.717) is 12.0 Å². The number of rotatable bonds is 6. The molecule has 0 amide bonds. The fourth-order valence-electron chi connectivity index (χ4n) is 2.77. The van der Waals surface area contributed by atoms with Gasteiger partial charge in [0.05, 0.1) is 0 Å². The third-order valence-corrected chi connectivity index (χ3v) is 5.93. The highest BCUT2D eigenvalue weighted by Crippen LogP contribution is 2.48. The number of benzene rings is 2. The second-order valence-corrected chi connectivity index (χ2v) is 7.54. The molecule has 0 spiro atoms. The van der Waals surface area contributed by atoms with Gasteiger partial charge in [0, 0.05) is 32.5 Å². The van der Waals surface area contributed by atoms with E-state index < -0.39 is 7.60 Å². The van der Waals surface area contributed by atoms with Crippen LogP contribution in [0.5, 0.6) is 0 Å². The summed E-state index contributed by atoms with van der Waals surface area (Å²) < 4.78 is 25.7. The monoisotopic (exact) mass is 341 g/mol. The van der Waals surface area contributed by atoms with Gasteiger partial charge in [-0.1, -0.05) is 60.7 Å². The van der Waals surface area contributed by atoms with Gasteiger partial charge in [0.25, 0.3) is 0 Å². The zero-order chi connectivity index (χ0) is 17.0. The molecule has 0 N–H and O–H groups in total. The van der Waals surface area contributed by atoms with Crippen molar-refractivity contribution in [3.8, 4) is 11.1 Å². The maximum absolute atomic E-state index is 13.2. The highest BCUT2D eigenvalue weighted by Gasteiger charge is 2.32. The van der Waals surface area contributed by atoms with Crippen molar-refractivity contribution < 1.29 is 13.6 Å². The van der Waals surface area contributed by atoms with E-state index in [9.17, 15) is 4.57 Å². The van der Waals surface area contributed by atoms with Gasteiger partial charge in [-0.25, -0.2) is 0 Å². The van der Waals surface area contributed by atoms with Crippen molar-refractivity contribution in [3.05, 3.63) is 78.5 Å². The highest BCUT2D eigenvalue weighted by atomic mass is 31.2. The van der Waals surface area contributed by atoms with Gasteiger partial charge in [-0.15, -0.1) is 0 Å². The number of nitrogens with zero attached hydrogens (tertiary/aromatic N) is 1. The molecule has 0 aliphatic rings. The minimum Gasteiger partial charge on any atom is -0.336 e. The van der Waals surface area contributed by atoms with E-state index in [1.807, 2.05) is 77.5 Å². The molecule has 3 aromatic rings. The van der Waals surface area contributed by atoms with Crippen LogP contribution in [0.1, 0.15) is 5.56 Å². The minimum absolute atomic E-state index is 0.572. The Labute approximate surface area is 142 Å². The highest BCUT2D eigenvalue weighted by molar-refractivity contribution is 7.62. The Morgan fingerprint density at radius 2 is 1.46 bits per heavy atom. The van der Waals surface area contributed by atoms with E-state index in [4.69, 9.17) is 9.05 Å². The van der Waals surface area contributed by atoms with Gasteiger partial charge in [0.15, 0.2) is 0 Å². The van der Waals surface area contributed by atoms with Crippen LogP contribution in [0.25, 0.3) is 11.1 Å². The average Bonchev–Trinajstić information content (AvgIpc) is 3.07. The van der Waals surface area contributed by atoms with Gasteiger partial charge >= 0.3 is 7.60 Å². The molecule has 124 valence electrons. The van der Waals surface area contributed by atoms with Crippen molar-refractivity contribution in [2.24, 2.45) is 0 Å². The number of hydrogen-bond acceptors (Lipinski definition) is 3. The van der Waals surface area contributed by atoms with Crippen LogP contribution >= 0.6 is 7.60 Å². The molecule has 3 rings (SSSR count). The molecule has 0 atom stereocenters. The minimum atomic E-state index is -3.40. The number of hydrogen-bond donors (Lipinski definition) is 0. The molecule has 2 aromatic carbocycles. The van der Waals surface area contributed by atoms with E-state index in [-0.39, 0.29) is 0 Å². The summed E-state index contributed by atoms with van der Waals surface area (Å²) in [7, 11) is -0.569. The van der Waals surface area contributed by atoms with E-state index in [2.05, 4.69) is 0 Å². The van der Waals surface area contributed by atoms with Gasteiger partial charge < -0.3 is 13.6 Å². The zero-order valence-corrected chi connectivity index (χ0v) is 14.6. The van der Waals surface area contributed by atoms with Crippen LogP contribution in [0, 0.1) is 0 Å². The Bertz CT molecular complexity index is 836. The van der Waals surface area contributed by atoms with Gasteiger partial charge in [0.2, 0.25) is 0 Å². The van der Waals surface area contributed by atoms with Crippen LogP contribution in [0.3, 0.4) is 0 Å². The average molecular weight is 341 g/mol. The Kier molecular flexibility index (Phi) is 5.00. The summed E-state index contributed by atoms with van der Waals surface area (Å²) in [6.07, 6.45) is 1.93. The first-order valence-electron chi connectivity index (χ1n) is 7.68. The van der Waals surface area contributed by atoms with Crippen molar-refractivity contribution >= 4 is 13.0 Å². The lowest BCUT2D eigenvalue weighted by atomic mass is 10.1. The van der Waals surface area contributed by atoms with E-state index in [1.54, 1.807) is 0 Å². The van der Waals surface area contributed by atoms with E-state index >= 15 is 0 Å². The molecule has 0 unspecified atom stereocenters. The summed E-state index contributed by atoms with van der Waals surface area (Å²) in [5.41, 5.74) is 3.53. The van der Waals surface area contributed by atoms with Crippen molar-refractivity contribution in [3.63, 3.8) is 0 Å². The summed E-state index contributed by atoms with van der Waals surface area (Å²) in [6, 6.07) is 21.8. The third kappa shape index (κ3) is 3.22. The van der Waals surface area contributed by atoms with Crippen molar-refractivity contribution in [1.29, 1.82) is 0 Å². The molecule has 4 nitrogen and oxygen atoms in total. The lowest BCUT2D eigenvalue weighted by Gasteiger charge is -2.19. The standard InChI is InChI=1S/C19H20NO3P/c1-22-24(21,23-2)19-18(17-11-7-4-8-12-17)13-14-20(19)15-16-9-5-3-6-10-16/h3-14H,15H2,1-2H3. The molecule has 0 aliphatic carbocycles. The molecule has 0 radical (unpaired) electrons. The quantitative estimate of drug-likeness (QED) is 0.627. The summed E-state index contributed by atoms with van der Waals surface area (Å²) >= 11 is 0. The molecule has 1 aromatic heterocycles. The van der Waals surface area contributed by atoms with Crippen LogP contribution in [-0.4, -0.2) is 18.8 Å². The molecule has 0 fully saturated rings. The first-order chi connectivity index (χ1) is 11.7. The van der Waals surface area contributed by atoms with Crippen LogP contribution in [0.4, 0.5) is 0 Å². The fourth-order valence-corrected chi connectivity index (χ4v) is 4.21. The second-order valence-electron chi connectivity index (χ2n) is 5.40. The lowest BCUT2D eigenvalue weighted by Crippen LogP contribution is -2.21. The Morgan fingerprint density at radius 3 is 2.04 bits per heavy atom. The zero-order valence-electron chi connectivity index (χ0n) is 13.8. The molecule has 5 heteroatoms. The smallest absolute Gasteiger partial charge is 0.336 e. The normalized spacial score (nSPS) is 11.6. The summed E-state index contributed by atoms with van der Waals surface area (Å²) in [4.78, 5) is 0. The summed E-state index contributed by atoms with van der Waals surface area (Å²) in [5, 5.41) is 0. The molecular weight excluding hydrogens is 321 g/mol. The summed E-state index contributed by atoms with van der Waals surface area (Å²) in [5.74, 6) is 0. The molecule has 24 heavy (non-hydrogen) atoms. The second kappa shape index (κ2) is 7.18. The maximum atomic E-state index is 13.2. The van der Waals surface area contributed by atoms with Gasteiger partial charge in [-0.2, -0.15) is 0 Å². The molecule has 0 bridgehead atoms. The predicted molar refractivity (Wildman–Crippen MR) is 96.7 cm³/mol. The maximum Gasteiger partial charge on any atom is 0.377 e. The topological polar surface area (TPSA) is 40.5 Å². The molecule has 0 aliphatic heterocycles. The van der Waals surface area contributed by atoms with Gasteiger partial charge in [0.1, 0.15) is 5.44 Å². The van der Waals surface area contributed by atoms with Gasteiger partial charge in [-0.05, 0) is 17.2 Å². The molecule has 0 saturated carbocycles. The first-order valence-corrected chi connectivity index (χ1v) is 9.23. The lowest BCUT2D eigenvalue weighted by molar-refractivity contribution is 0.285. The molecule has 1 heterocycles. The fraction of sp³-hybridized carbons (Fsp3) is 0.158. The third-order valence-electron chi connectivity index (χ3n) is 3.95. The van der Waals surface area contributed by atoms with Crippen molar-refractivity contribution in [2.75, 3.05) is 14.2 Å². The van der Waals surface area contributed by atoms with Crippen LogP contribution in [0.15, 0.2) is 72.9 Å². The van der Waals surface area contributed by atoms with Crippen molar-refractivity contribution in [1.82, 2.24) is 4.57 Å². The Morgan fingerprint density at radius 1 is 0.875 bits per heavy atom. The number of aromatic nitrogens is 1. The largest absolute Gasteiger partial charge is 0.377 e.